The quantitative estimate of drug-likeness (QED) is 0.580. The van der Waals surface area contributed by atoms with Crippen LogP contribution in [0.4, 0.5) is 0 Å². The molecule has 160 valence electrons. The fourth-order valence-corrected chi connectivity index (χ4v) is 4.29. The molecule has 0 saturated carbocycles. The van der Waals surface area contributed by atoms with Crippen molar-refractivity contribution in [3.63, 3.8) is 0 Å². The molecule has 1 heterocycles. The van der Waals surface area contributed by atoms with E-state index in [1.165, 1.54) is 19.2 Å². The summed E-state index contributed by atoms with van der Waals surface area (Å²) in [7, 11) is -2.17. The van der Waals surface area contributed by atoms with Crippen molar-refractivity contribution in [2.45, 2.75) is 17.9 Å². The van der Waals surface area contributed by atoms with Gasteiger partial charge in [0, 0.05) is 32.6 Å². The molecule has 1 aliphatic rings. The maximum Gasteiger partial charge on any atom is 0.240 e. The molecule has 0 unspecified atom stereocenters. The van der Waals surface area contributed by atoms with Gasteiger partial charge in [-0.25, -0.2) is 13.1 Å². The number of carbonyl (C=O) groups excluding carboxylic acids is 2. The predicted molar refractivity (Wildman–Crippen MR) is 111 cm³/mol. The zero-order valence-corrected chi connectivity index (χ0v) is 17.5. The second kappa shape index (κ2) is 9.73. The van der Waals surface area contributed by atoms with E-state index in [0.29, 0.717) is 18.8 Å². The Morgan fingerprint density at radius 2 is 1.80 bits per heavy atom. The molecule has 0 spiro atoms. The van der Waals surface area contributed by atoms with Gasteiger partial charge in [0.2, 0.25) is 21.8 Å². The molecular weight excluding hydrogens is 406 g/mol. The summed E-state index contributed by atoms with van der Waals surface area (Å²) in [5.74, 6) is -0.171. The molecule has 0 aliphatic carbocycles. The number of sulfonamides is 1. The molecule has 0 radical (unpaired) electrons. The maximum atomic E-state index is 12.4. The average molecular weight is 432 g/mol. The van der Waals surface area contributed by atoms with E-state index in [4.69, 9.17) is 4.74 Å². The topological polar surface area (TPSA) is 105 Å². The Morgan fingerprint density at radius 1 is 1.10 bits per heavy atom. The van der Waals surface area contributed by atoms with Gasteiger partial charge < -0.3 is 15.0 Å². The van der Waals surface area contributed by atoms with Crippen LogP contribution < -0.4 is 14.8 Å². The minimum absolute atomic E-state index is 0.0501. The first-order valence-corrected chi connectivity index (χ1v) is 11.1. The lowest BCUT2D eigenvalue weighted by molar-refractivity contribution is -0.129. The van der Waals surface area contributed by atoms with Crippen molar-refractivity contribution in [2.75, 3.05) is 26.7 Å². The Balaban J connectivity index is 1.43. The van der Waals surface area contributed by atoms with Crippen LogP contribution in [0.1, 0.15) is 12.0 Å². The smallest absolute Gasteiger partial charge is 0.240 e. The van der Waals surface area contributed by atoms with Crippen LogP contribution in [0.25, 0.3) is 0 Å². The Hall–Kier alpha value is -2.91. The molecule has 1 fully saturated rings. The molecule has 9 heteroatoms. The van der Waals surface area contributed by atoms with Gasteiger partial charge in [0.1, 0.15) is 5.75 Å². The maximum absolute atomic E-state index is 12.4. The van der Waals surface area contributed by atoms with E-state index in [0.717, 1.165) is 5.56 Å². The van der Waals surface area contributed by atoms with Crippen LogP contribution in [0.2, 0.25) is 0 Å². The summed E-state index contributed by atoms with van der Waals surface area (Å²) in [5.41, 5.74) is 1.01. The molecule has 2 aromatic rings. The summed E-state index contributed by atoms with van der Waals surface area (Å²) in [6.07, 6.45) is 0.163. The van der Waals surface area contributed by atoms with Crippen molar-refractivity contribution in [2.24, 2.45) is 5.92 Å². The highest BCUT2D eigenvalue weighted by molar-refractivity contribution is 7.89. The number of hydrogen-bond donors (Lipinski definition) is 2. The van der Waals surface area contributed by atoms with Gasteiger partial charge in [-0.3, -0.25) is 9.59 Å². The number of carbonyl (C=O) groups is 2. The monoisotopic (exact) mass is 431 g/mol. The minimum atomic E-state index is -3.67. The van der Waals surface area contributed by atoms with E-state index < -0.39 is 15.9 Å². The molecule has 2 aromatic carbocycles. The largest absolute Gasteiger partial charge is 0.497 e. The van der Waals surface area contributed by atoms with Crippen LogP contribution in [-0.4, -0.2) is 51.9 Å². The number of likely N-dealkylation sites (tertiary alicyclic amines) is 1. The van der Waals surface area contributed by atoms with Gasteiger partial charge in [-0.15, -0.1) is 0 Å². The zero-order valence-electron chi connectivity index (χ0n) is 16.7. The first-order chi connectivity index (χ1) is 14.4. The molecule has 8 nitrogen and oxygen atoms in total. The standard InChI is InChI=1S/C21H25N3O5S/c1-29-18-7-9-19(10-8-18)30(27,28)23-12-11-22-21(26)17-13-20(25)24(15-17)14-16-5-3-2-4-6-16/h2-10,17,23H,11-15H2,1H3,(H,22,26)/t17-/m0/s1. The van der Waals surface area contributed by atoms with Crippen LogP contribution in [-0.2, 0) is 26.2 Å². The van der Waals surface area contributed by atoms with Gasteiger partial charge in [0.25, 0.3) is 0 Å². The lowest BCUT2D eigenvalue weighted by Crippen LogP contribution is -2.38. The molecule has 30 heavy (non-hydrogen) atoms. The fourth-order valence-electron chi connectivity index (χ4n) is 3.26. The first-order valence-electron chi connectivity index (χ1n) is 9.62. The third kappa shape index (κ3) is 5.58. The lowest BCUT2D eigenvalue weighted by Gasteiger charge is -2.16. The van der Waals surface area contributed by atoms with Gasteiger partial charge in [-0.2, -0.15) is 0 Å². The number of rotatable bonds is 9. The van der Waals surface area contributed by atoms with Crippen LogP contribution in [0, 0.1) is 5.92 Å². The molecule has 2 amide bonds. The normalized spacial score (nSPS) is 16.5. The highest BCUT2D eigenvalue weighted by Gasteiger charge is 2.34. The third-order valence-corrected chi connectivity index (χ3v) is 6.36. The fraction of sp³-hybridized carbons (Fsp3) is 0.333. The molecule has 3 rings (SSSR count). The number of ether oxygens (including phenoxy) is 1. The number of hydrogen-bond acceptors (Lipinski definition) is 5. The van der Waals surface area contributed by atoms with Crippen LogP contribution in [0.3, 0.4) is 0 Å². The number of nitrogens with one attached hydrogen (secondary N) is 2. The van der Waals surface area contributed by atoms with Crippen molar-refractivity contribution in [1.29, 1.82) is 0 Å². The number of methoxy groups -OCH3 is 1. The summed E-state index contributed by atoms with van der Waals surface area (Å²) >= 11 is 0. The highest BCUT2D eigenvalue weighted by atomic mass is 32.2. The second-order valence-corrected chi connectivity index (χ2v) is 8.79. The molecule has 0 aromatic heterocycles. The summed E-state index contributed by atoms with van der Waals surface area (Å²) in [5, 5.41) is 2.71. The van der Waals surface area contributed by atoms with E-state index in [1.807, 2.05) is 30.3 Å². The molecule has 1 saturated heterocycles. The summed E-state index contributed by atoms with van der Waals surface area (Å²) in [6, 6.07) is 15.6. The van der Waals surface area contributed by atoms with Gasteiger partial charge in [-0.05, 0) is 29.8 Å². The minimum Gasteiger partial charge on any atom is -0.497 e. The SMILES string of the molecule is COc1ccc(S(=O)(=O)NCCNC(=O)[C@H]2CC(=O)N(Cc3ccccc3)C2)cc1. The van der Waals surface area contributed by atoms with E-state index >= 15 is 0 Å². The van der Waals surface area contributed by atoms with E-state index in [1.54, 1.807) is 17.0 Å². The Kier molecular flexibility index (Phi) is 7.07. The second-order valence-electron chi connectivity index (χ2n) is 7.03. The van der Waals surface area contributed by atoms with Crippen molar-refractivity contribution < 1.29 is 22.7 Å². The molecular formula is C21H25N3O5S. The van der Waals surface area contributed by atoms with Gasteiger partial charge in [0.05, 0.1) is 17.9 Å². The van der Waals surface area contributed by atoms with Crippen molar-refractivity contribution >= 4 is 21.8 Å². The number of amides is 2. The summed E-state index contributed by atoms with van der Waals surface area (Å²) in [4.78, 5) is 26.4. The summed E-state index contributed by atoms with van der Waals surface area (Å²) in [6.45, 7) is 1.02. The van der Waals surface area contributed by atoms with Gasteiger partial charge in [0.15, 0.2) is 0 Å². The Labute approximate surface area is 176 Å². The first kappa shape index (κ1) is 21.8. The van der Waals surface area contributed by atoms with Crippen molar-refractivity contribution in [3.05, 3.63) is 60.2 Å². The van der Waals surface area contributed by atoms with Crippen molar-refractivity contribution in [3.8, 4) is 5.75 Å². The zero-order chi connectivity index (χ0) is 21.6. The van der Waals surface area contributed by atoms with Crippen molar-refractivity contribution in [1.82, 2.24) is 14.9 Å². The molecule has 2 N–H and O–H groups in total. The number of nitrogens with zero attached hydrogens (tertiary/aromatic N) is 1. The van der Waals surface area contributed by atoms with Gasteiger partial charge in [-0.1, -0.05) is 30.3 Å². The molecule has 1 aliphatic heterocycles. The van der Waals surface area contributed by atoms with Crippen LogP contribution >= 0.6 is 0 Å². The predicted octanol–water partition coefficient (Wildman–Crippen LogP) is 1.14. The van der Waals surface area contributed by atoms with E-state index in [2.05, 4.69) is 10.0 Å². The lowest BCUT2D eigenvalue weighted by atomic mass is 10.1. The van der Waals surface area contributed by atoms with Gasteiger partial charge >= 0.3 is 0 Å². The van der Waals surface area contributed by atoms with E-state index in [-0.39, 0.29) is 36.2 Å². The van der Waals surface area contributed by atoms with Crippen LogP contribution in [0.5, 0.6) is 5.75 Å². The molecule has 1 atom stereocenters. The Bertz CT molecular complexity index is 977. The Morgan fingerprint density at radius 3 is 2.47 bits per heavy atom. The van der Waals surface area contributed by atoms with Crippen LogP contribution in [0.15, 0.2) is 59.5 Å². The average Bonchev–Trinajstić information content (AvgIpc) is 3.12. The third-order valence-electron chi connectivity index (χ3n) is 4.89. The highest BCUT2D eigenvalue weighted by Crippen LogP contribution is 2.20. The summed E-state index contributed by atoms with van der Waals surface area (Å²) < 4.78 is 32.0. The van der Waals surface area contributed by atoms with E-state index in [9.17, 15) is 18.0 Å². The number of benzene rings is 2. The molecule has 0 bridgehead atoms.